The summed E-state index contributed by atoms with van der Waals surface area (Å²) in [5.41, 5.74) is 1.55. The maximum atomic E-state index is 13.2. The molecule has 3 N–H and O–H groups in total. The van der Waals surface area contributed by atoms with Crippen LogP contribution in [0.4, 0.5) is 10.1 Å². The van der Waals surface area contributed by atoms with Gasteiger partial charge in [0, 0.05) is 16.8 Å². The first kappa shape index (κ1) is 18.4. The minimum Gasteiger partial charge on any atom is -0.593 e. The number of benzene rings is 2. The maximum absolute atomic E-state index is 13.2. The molecule has 1 unspecified atom stereocenters. The average Bonchev–Trinajstić information content (AvgIpc) is 3.01. The monoisotopic (exact) mass is 392 g/mol. The summed E-state index contributed by atoms with van der Waals surface area (Å²) in [6.07, 6.45) is 2.31. The third-order valence-corrected chi connectivity index (χ3v) is 4.51. The van der Waals surface area contributed by atoms with E-state index in [1.54, 1.807) is 36.4 Å². The molecule has 0 aliphatic heterocycles. The number of nitrogens with one attached hydrogen (secondary N) is 1. The first-order valence-electron chi connectivity index (χ1n) is 7.47. The van der Waals surface area contributed by atoms with E-state index in [1.165, 1.54) is 10.7 Å². The van der Waals surface area contributed by atoms with Crippen LogP contribution in [-0.4, -0.2) is 20.2 Å². The van der Waals surface area contributed by atoms with E-state index >= 15 is 0 Å². The highest BCUT2D eigenvalue weighted by molar-refractivity contribution is 7.89. The smallest absolute Gasteiger partial charge is 0.228 e. The Kier molecular flexibility index (Phi) is 5.58. The molecule has 1 amide bonds. The molecule has 9 heteroatoms. The third kappa shape index (κ3) is 4.41. The Morgan fingerprint density at radius 2 is 2.15 bits per heavy atom. The highest BCUT2D eigenvalue weighted by Crippen LogP contribution is 2.23. The summed E-state index contributed by atoms with van der Waals surface area (Å²) < 4.78 is 26.2. The van der Waals surface area contributed by atoms with Gasteiger partial charge in [-0.25, -0.2) is 9.07 Å². The summed E-state index contributed by atoms with van der Waals surface area (Å²) in [6, 6.07) is 11.6. The minimum absolute atomic E-state index is 0.133. The molecule has 1 aromatic heterocycles. The molecule has 0 radical (unpaired) electrons. The molecular weight excluding hydrogens is 379 g/mol. The fourth-order valence-electron chi connectivity index (χ4n) is 2.41. The second-order valence-electron chi connectivity index (χ2n) is 5.44. The number of anilines is 1. The van der Waals surface area contributed by atoms with Crippen LogP contribution >= 0.6 is 11.6 Å². The lowest BCUT2D eigenvalue weighted by atomic mass is 10.1. The number of carbonyl (C=O) groups is 1. The van der Waals surface area contributed by atoms with Crippen molar-refractivity contribution in [1.29, 1.82) is 0 Å². The third-order valence-electron chi connectivity index (χ3n) is 3.51. The van der Waals surface area contributed by atoms with Gasteiger partial charge < -0.3 is 9.87 Å². The standard InChI is InChI=1S/C17H14ClFN4O2S/c18-12-3-1-2-11(6-12)7-17(24)22-14-4-5-15(16(8-14)26(20)25)23-10-13(19)9-21-23/h1-6,8-10H,7,20H2,(H,22,24). The van der Waals surface area contributed by atoms with E-state index in [-0.39, 0.29) is 17.2 Å². The summed E-state index contributed by atoms with van der Waals surface area (Å²) >= 11 is 4.06. The van der Waals surface area contributed by atoms with Gasteiger partial charge in [0.05, 0.1) is 30.2 Å². The number of nitrogens with zero attached hydrogens (tertiary/aromatic N) is 2. The van der Waals surface area contributed by atoms with Crippen molar-refractivity contribution < 1.29 is 13.7 Å². The van der Waals surface area contributed by atoms with Crippen LogP contribution in [0, 0.1) is 5.82 Å². The molecule has 2 aromatic carbocycles. The zero-order valence-corrected chi connectivity index (χ0v) is 14.9. The number of halogens is 2. The molecule has 6 nitrogen and oxygen atoms in total. The van der Waals surface area contributed by atoms with Crippen LogP contribution in [0.5, 0.6) is 0 Å². The van der Waals surface area contributed by atoms with Gasteiger partial charge >= 0.3 is 0 Å². The van der Waals surface area contributed by atoms with Crippen molar-refractivity contribution in [2.24, 2.45) is 5.14 Å². The molecule has 26 heavy (non-hydrogen) atoms. The van der Waals surface area contributed by atoms with Crippen LogP contribution in [0.2, 0.25) is 5.02 Å². The van der Waals surface area contributed by atoms with E-state index < -0.39 is 17.2 Å². The number of hydrogen-bond acceptors (Lipinski definition) is 4. The summed E-state index contributed by atoms with van der Waals surface area (Å²) in [6.45, 7) is 0. The topological polar surface area (TPSA) is 96.0 Å². The lowest BCUT2D eigenvalue weighted by Crippen LogP contribution is -2.18. The van der Waals surface area contributed by atoms with Gasteiger partial charge in [-0.2, -0.15) is 5.10 Å². The zero-order chi connectivity index (χ0) is 18.7. The molecule has 0 saturated carbocycles. The van der Waals surface area contributed by atoms with E-state index in [9.17, 15) is 13.7 Å². The normalized spacial score (nSPS) is 12.0. The number of aromatic nitrogens is 2. The Hall–Kier alpha value is -2.39. The highest BCUT2D eigenvalue weighted by Gasteiger charge is 2.17. The quantitative estimate of drug-likeness (QED) is 0.652. The Morgan fingerprint density at radius 3 is 2.81 bits per heavy atom. The van der Waals surface area contributed by atoms with Gasteiger partial charge in [-0.1, -0.05) is 23.7 Å². The molecule has 0 spiro atoms. The Balaban J connectivity index is 1.80. The maximum Gasteiger partial charge on any atom is 0.228 e. The molecule has 0 aliphatic rings. The van der Waals surface area contributed by atoms with Crippen molar-refractivity contribution >= 4 is 34.6 Å². The fraction of sp³-hybridized carbons (Fsp3) is 0.0588. The van der Waals surface area contributed by atoms with Gasteiger partial charge in [0.25, 0.3) is 0 Å². The molecule has 1 atom stereocenters. The Labute approximate surface area is 157 Å². The van der Waals surface area contributed by atoms with E-state index in [0.29, 0.717) is 16.4 Å². The summed E-state index contributed by atoms with van der Waals surface area (Å²) in [4.78, 5) is 12.4. The van der Waals surface area contributed by atoms with Crippen molar-refractivity contribution in [2.45, 2.75) is 11.3 Å². The largest absolute Gasteiger partial charge is 0.593 e. The summed E-state index contributed by atoms with van der Waals surface area (Å²) in [5, 5.41) is 12.6. The molecule has 0 saturated heterocycles. The van der Waals surface area contributed by atoms with Crippen LogP contribution in [0.15, 0.2) is 59.8 Å². The van der Waals surface area contributed by atoms with Crippen LogP contribution in [0.3, 0.4) is 0 Å². The fourth-order valence-corrected chi connectivity index (χ4v) is 3.24. The van der Waals surface area contributed by atoms with Crippen LogP contribution in [-0.2, 0) is 22.6 Å². The number of hydrogen-bond donors (Lipinski definition) is 2. The molecule has 3 rings (SSSR count). The number of rotatable bonds is 5. The van der Waals surface area contributed by atoms with Crippen molar-refractivity contribution in [3.05, 3.63) is 71.3 Å². The van der Waals surface area contributed by atoms with Crippen LogP contribution < -0.4 is 10.5 Å². The van der Waals surface area contributed by atoms with Gasteiger partial charge in [0.1, 0.15) is 5.69 Å². The zero-order valence-electron chi connectivity index (χ0n) is 13.4. The highest BCUT2D eigenvalue weighted by atomic mass is 35.5. The first-order valence-corrected chi connectivity index (χ1v) is 9.06. The number of amides is 1. The van der Waals surface area contributed by atoms with Gasteiger partial charge in [-0.15, -0.1) is 5.14 Å². The van der Waals surface area contributed by atoms with Crippen LogP contribution in [0.25, 0.3) is 5.69 Å². The van der Waals surface area contributed by atoms with Crippen molar-refractivity contribution in [3.63, 3.8) is 0 Å². The van der Waals surface area contributed by atoms with Gasteiger partial charge in [-0.05, 0) is 29.8 Å². The number of nitrogens with two attached hydrogens (primary N) is 1. The predicted molar refractivity (Wildman–Crippen MR) is 97.9 cm³/mol. The lowest BCUT2D eigenvalue weighted by Gasteiger charge is -2.12. The Morgan fingerprint density at radius 1 is 1.35 bits per heavy atom. The second-order valence-corrected chi connectivity index (χ2v) is 6.91. The molecule has 0 bridgehead atoms. The molecule has 134 valence electrons. The van der Waals surface area contributed by atoms with Gasteiger partial charge in [0.2, 0.25) is 10.8 Å². The van der Waals surface area contributed by atoms with E-state index in [0.717, 1.165) is 18.0 Å². The number of carbonyl (C=O) groups excluding carboxylic acids is 1. The van der Waals surface area contributed by atoms with Crippen molar-refractivity contribution in [2.75, 3.05) is 5.32 Å². The predicted octanol–water partition coefficient (Wildman–Crippen LogP) is 2.83. The van der Waals surface area contributed by atoms with Gasteiger partial charge in [-0.3, -0.25) is 4.79 Å². The van der Waals surface area contributed by atoms with Crippen molar-refractivity contribution in [3.8, 4) is 5.69 Å². The molecule has 3 aromatic rings. The molecule has 0 fully saturated rings. The molecule has 0 aliphatic carbocycles. The summed E-state index contributed by atoms with van der Waals surface area (Å²) in [5.74, 6) is -0.795. The average molecular weight is 393 g/mol. The first-order chi connectivity index (χ1) is 12.4. The SMILES string of the molecule is N[S+]([O-])c1cc(NC(=O)Cc2cccc(Cl)c2)ccc1-n1cc(F)cn1. The van der Waals surface area contributed by atoms with E-state index in [4.69, 9.17) is 16.7 Å². The van der Waals surface area contributed by atoms with E-state index in [1.807, 2.05) is 0 Å². The van der Waals surface area contributed by atoms with Crippen LogP contribution in [0.1, 0.15) is 5.56 Å². The minimum atomic E-state index is -1.85. The second kappa shape index (κ2) is 7.88. The van der Waals surface area contributed by atoms with Crippen molar-refractivity contribution in [1.82, 2.24) is 9.78 Å². The van der Waals surface area contributed by atoms with E-state index in [2.05, 4.69) is 10.4 Å². The molecular formula is C17H14ClFN4O2S. The lowest BCUT2D eigenvalue weighted by molar-refractivity contribution is -0.115. The molecule has 1 heterocycles. The summed E-state index contributed by atoms with van der Waals surface area (Å²) in [7, 11) is 0. The van der Waals surface area contributed by atoms with Gasteiger partial charge in [0.15, 0.2) is 5.82 Å². The Bertz CT molecular complexity index is 948.